The summed E-state index contributed by atoms with van der Waals surface area (Å²) < 4.78 is 5.29. The van der Waals surface area contributed by atoms with Gasteiger partial charge in [-0.05, 0) is 43.6 Å². The number of methoxy groups -OCH3 is 1. The molecule has 0 bridgehead atoms. The van der Waals surface area contributed by atoms with Crippen molar-refractivity contribution in [1.29, 1.82) is 0 Å². The van der Waals surface area contributed by atoms with Gasteiger partial charge in [0.25, 0.3) is 0 Å². The average molecular weight is 278 g/mol. The predicted octanol–water partition coefficient (Wildman–Crippen LogP) is 3.15. The molecule has 114 valence electrons. The van der Waals surface area contributed by atoms with Gasteiger partial charge in [0.1, 0.15) is 5.75 Å². The summed E-state index contributed by atoms with van der Waals surface area (Å²) in [5.41, 5.74) is 1.63. The number of nitrogens with one attached hydrogen (secondary N) is 1. The maximum Gasteiger partial charge on any atom is 0.119 e. The summed E-state index contributed by atoms with van der Waals surface area (Å²) in [6.07, 6.45) is 2.47. The molecule has 0 saturated carbocycles. The third-order valence-electron chi connectivity index (χ3n) is 3.70. The molecule has 0 fully saturated rings. The van der Waals surface area contributed by atoms with E-state index >= 15 is 0 Å². The van der Waals surface area contributed by atoms with Gasteiger partial charge in [-0.2, -0.15) is 0 Å². The van der Waals surface area contributed by atoms with Crippen LogP contribution in [0, 0.1) is 5.41 Å². The lowest BCUT2D eigenvalue weighted by Gasteiger charge is -2.33. The van der Waals surface area contributed by atoms with E-state index in [4.69, 9.17) is 4.74 Å². The maximum atomic E-state index is 5.29. The van der Waals surface area contributed by atoms with Crippen LogP contribution in [0.2, 0.25) is 0 Å². The topological polar surface area (TPSA) is 24.5 Å². The Balaban J connectivity index is 2.62. The van der Waals surface area contributed by atoms with Gasteiger partial charge in [0.05, 0.1) is 7.11 Å². The number of hydrogen-bond acceptors (Lipinski definition) is 3. The number of ether oxygens (including phenoxy) is 1. The lowest BCUT2D eigenvalue weighted by atomic mass is 9.85. The molecule has 0 aliphatic rings. The van der Waals surface area contributed by atoms with E-state index in [-0.39, 0.29) is 0 Å². The van der Waals surface area contributed by atoms with Gasteiger partial charge in [-0.1, -0.05) is 32.4 Å². The molecule has 1 atom stereocenters. The molecule has 1 unspecified atom stereocenters. The molecule has 1 rings (SSSR count). The van der Waals surface area contributed by atoms with Crippen LogP contribution in [0.5, 0.6) is 5.75 Å². The van der Waals surface area contributed by atoms with Crippen LogP contribution in [0.3, 0.4) is 0 Å². The van der Waals surface area contributed by atoms with E-state index < -0.39 is 0 Å². The van der Waals surface area contributed by atoms with Crippen LogP contribution < -0.4 is 10.1 Å². The molecular weight excluding hydrogens is 248 g/mol. The van der Waals surface area contributed by atoms with Crippen molar-refractivity contribution < 1.29 is 4.74 Å². The summed E-state index contributed by atoms with van der Waals surface area (Å²) in [5, 5.41) is 3.33. The van der Waals surface area contributed by atoms with Crippen LogP contribution in [0.1, 0.15) is 32.3 Å². The molecule has 0 amide bonds. The van der Waals surface area contributed by atoms with Gasteiger partial charge >= 0.3 is 0 Å². The Morgan fingerprint density at radius 1 is 1.35 bits per heavy atom. The van der Waals surface area contributed by atoms with Gasteiger partial charge in [0, 0.05) is 19.6 Å². The van der Waals surface area contributed by atoms with Crippen molar-refractivity contribution in [1.82, 2.24) is 10.2 Å². The second-order valence-electron chi connectivity index (χ2n) is 6.11. The van der Waals surface area contributed by atoms with Crippen LogP contribution in [0.15, 0.2) is 24.3 Å². The average Bonchev–Trinajstić information content (AvgIpc) is 2.38. The molecule has 0 heterocycles. The number of rotatable bonds is 9. The zero-order valence-electron chi connectivity index (χ0n) is 13.7. The Morgan fingerprint density at radius 2 is 2.10 bits per heavy atom. The summed E-state index contributed by atoms with van der Waals surface area (Å²) >= 11 is 0. The second kappa shape index (κ2) is 8.28. The van der Waals surface area contributed by atoms with E-state index in [1.54, 1.807) is 7.11 Å². The van der Waals surface area contributed by atoms with E-state index in [1.807, 2.05) is 13.1 Å². The highest BCUT2D eigenvalue weighted by Gasteiger charge is 2.24. The quantitative estimate of drug-likeness (QED) is 0.751. The van der Waals surface area contributed by atoms with Gasteiger partial charge in [-0.3, -0.25) is 0 Å². The van der Waals surface area contributed by atoms with Crippen molar-refractivity contribution in [3.63, 3.8) is 0 Å². The normalized spacial score (nSPS) is 14.3. The summed E-state index contributed by atoms with van der Waals surface area (Å²) in [6, 6.07) is 8.33. The zero-order chi connectivity index (χ0) is 15.0. The molecule has 1 aromatic rings. The summed E-state index contributed by atoms with van der Waals surface area (Å²) in [4.78, 5) is 2.40. The fraction of sp³-hybridized carbons (Fsp3) is 0.647. The Morgan fingerprint density at radius 3 is 2.70 bits per heavy atom. The minimum Gasteiger partial charge on any atom is -0.497 e. The van der Waals surface area contributed by atoms with Crippen LogP contribution in [-0.4, -0.2) is 39.2 Å². The summed E-state index contributed by atoms with van der Waals surface area (Å²) in [6.45, 7) is 7.74. The number of benzene rings is 1. The molecule has 3 heteroatoms. The lowest BCUT2D eigenvalue weighted by molar-refractivity contribution is 0.171. The molecule has 20 heavy (non-hydrogen) atoms. The Bertz CT molecular complexity index is 386. The summed E-state index contributed by atoms with van der Waals surface area (Å²) in [7, 11) is 5.95. The minimum absolute atomic E-state index is 0.330. The van der Waals surface area contributed by atoms with Crippen molar-refractivity contribution in [2.24, 2.45) is 5.41 Å². The molecule has 1 N–H and O–H groups in total. The van der Waals surface area contributed by atoms with Gasteiger partial charge in [-0.15, -0.1) is 0 Å². The smallest absolute Gasteiger partial charge is 0.119 e. The Kier molecular flexibility index (Phi) is 7.03. The van der Waals surface area contributed by atoms with E-state index in [0.717, 1.165) is 25.4 Å². The van der Waals surface area contributed by atoms with E-state index in [2.05, 4.69) is 49.3 Å². The van der Waals surface area contributed by atoms with Gasteiger partial charge in [0.15, 0.2) is 0 Å². The van der Waals surface area contributed by atoms with E-state index in [0.29, 0.717) is 5.41 Å². The standard InChI is InChI=1S/C17H30N2O/c1-6-10-17(2,13-18-3)14-19(4)12-15-8-7-9-16(11-15)20-5/h7-9,11,18H,6,10,12-14H2,1-5H3. The van der Waals surface area contributed by atoms with Crippen molar-refractivity contribution in [2.75, 3.05) is 34.3 Å². The molecule has 0 aromatic heterocycles. The molecule has 0 spiro atoms. The van der Waals surface area contributed by atoms with Crippen LogP contribution >= 0.6 is 0 Å². The third kappa shape index (κ3) is 5.51. The lowest BCUT2D eigenvalue weighted by Crippen LogP contribution is -2.39. The molecule has 3 nitrogen and oxygen atoms in total. The first-order valence-corrected chi connectivity index (χ1v) is 7.49. The largest absolute Gasteiger partial charge is 0.497 e. The number of hydrogen-bond donors (Lipinski definition) is 1. The molecule has 1 aromatic carbocycles. The van der Waals surface area contributed by atoms with Crippen LogP contribution in [0.4, 0.5) is 0 Å². The van der Waals surface area contributed by atoms with Gasteiger partial charge in [0.2, 0.25) is 0 Å². The van der Waals surface area contributed by atoms with Gasteiger partial charge in [-0.25, -0.2) is 0 Å². The molecule has 0 aliphatic heterocycles. The zero-order valence-corrected chi connectivity index (χ0v) is 13.7. The highest BCUT2D eigenvalue weighted by atomic mass is 16.5. The Hall–Kier alpha value is -1.06. The number of nitrogens with zero attached hydrogens (tertiary/aromatic N) is 1. The highest BCUT2D eigenvalue weighted by molar-refractivity contribution is 5.28. The maximum absolute atomic E-state index is 5.29. The fourth-order valence-electron chi connectivity index (χ4n) is 3.04. The van der Waals surface area contributed by atoms with Crippen molar-refractivity contribution in [2.45, 2.75) is 33.2 Å². The first-order chi connectivity index (χ1) is 9.53. The van der Waals surface area contributed by atoms with E-state index in [1.165, 1.54) is 18.4 Å². The van der Waals surface area contributed by atoms with Crippen LogP contribution in [-0.2, 0) is 6.54 Å². The summed E-state index contributed by atoms with van der Waals surface area (Å²) in [5.74, 6) is 0.933. The van der Waals surface area contributed by atoms with Crippen molar-refractivity contribution in [3.05, 3.63) is 29.8 Å². The SMILES string of the molecule is CCCC(C)(CNC)CN(C)Cc1cccc(OC)c1. The first kappa shape index (κ1) is 17.0. The van der Waals surface area contributed by atoms with Gasteiger partial charge < -0.3 is 15.0 Å². The monoisotopic (exact) mass is 278 g/mol. The predicted molar refractivity (Wildman–Crippen MR) is 86.3 cm³/mol. The second-order valence-corrected chi connectivity index (χ2v) is 6.11. The van der Waals surface area contributed by atoms with Crippen molar-refractivity contribution >= 4 is 0 Å². The molecule has 0 saturated heterocycles. The van der Waals surface area contributed by atoms with E-state index in [9.17, 15) is 0 Å². The third-order valence-corrected chi connectivity index (χ3v) is 3.70. The Labute approximate surface area is 124 Å². The minimum atomic E-state index is 0.330. The molecule has 0 radical (unpaired) electrons. The molecular formula is C17H30N2O. The fourth-order valence-corrected chi connectivity index (χ4v) is 3.04. The highest BCUT2D eigenvalue weighted by Crippen LogP contribution is 2.24. The van der Waals surface area contributed by atoms with Crippen LogP contribution in [0.25, 0.3) is 0 Å². The molecule has 0 aliphatic carbocycles. The van der Waals surface area contributed by atoms with Crippen molar-refractivity contribution in [3.8, 4) is 5.75 Å². The first-order valence-electron chi connectivity index (χ1n) is 7.49.